The molecule has 6 heteroatoms. The molecule has 0 saturated carbocycles. The average Bonchev–Trinajstić information content (AvgIpc) is 2.69. The standard InChI is InChI=1S/C11H8FN3O2/c12-9-4-2-8(3-5-9)10-14-15(7-1-6-13)11(16)17-10/h2-5H,1,7H2. The van der Waals surface area contributed by atoms with Gasteiger partial charge >= 0.3 is 5.76 Å². The van der Waals surface area contributed by atoms with Gasteiger partial charge in [0.05, 0.1) is 19.0 Å². The van der Waals surface area contributed by atoms with Gasteiger partial charge in [-0.05, 0) is 24.3 Å². The Bertz CT molecular complexity index is 607. The summed E-state index contributed by atoms with van der Waals surface area (Å²) in [6.45, 7) is 0.181. The van der Waals surface area contributed by atoms with Crippen molar-refractivity contribution in [2.45, 2.75) is 13.0 Å². The van der Waals surface area contributed by atoms with Crippen LogP contribution in [-0.4, -0.2) is 9.78 Å². The van der Waals surface area contributed by atoms with Gasteiger partial charge in [0.1, 0.15) is 5.82 Å². The molecule has 1 heterocycles. The summed E-state index contributed by atoms with van der Waals surface area (Å²) in [6.07, 6.45) is 0.176. The van der Waals surface area contributed by atoms with Crippen LogP contribution in [0.25, 0.3) is 11.5 Å². The highest BCUT2D eigenvalue weighted by Crippen LogP contribution is 2.15. The van der Waals surface area contributed by atoms with Crippen LogP contribution in [0.2, 0.25) is 0 Å². The van der Waals surface area contributed by atoms with E-state index >= 15 is 0 Å². The molecule has 0 amide bonds. The first-order valence-electron chi connectivity index (χ1n) is 4.91. The fraction of sp³-hybridized carbons (Fsp3) is 0.182. The zero-order valence-corrected chi connectivity index (χ0v) is 8.76. The van der Waals surface area contributed by atoms with E-state index in [0.717, 1.165) is 4.68 Å². The van der Waals surface area contributed by atoms with E-state index in [9.17, 15) is 9.18 Å². The normalized spacial score (nSPS) is 10.1. The molecule has 0 aliphatic carbocycles. The van der Waals surface area contributed by atoms with Crippen LogP contribution in [0.5, 0.6) is 0 Å². The molecule has 0 bridgehead atoms. The molecular formula is C11H8FN3O2. The zero-order chi connectivity index (χ0) is 12.3. The molecule has 2 aromatic rings. The van der Waals surface area contributed by atoms with Gasteiger partial charge in [-0.2, -0.15) is 9.94 Å². The van der Waals surface area contributed by atoms with Gasteiger partial charge in [-0.1, -0.05) is 0 Å². The maximum atomic E-state index is 12.7. The summed E-state index contributed by atoms with van der Waals surface area (Å²) in [4.78, 5) is 11.3. The van der Waals surface area contributed by atoms with Gasteiger partial charge in [-0.3, -0.25) is 0 Å². The van der Waals surface area contributed by atoms with E-state index in [1.807, 2.05) is 6.07 Å². The molecule has 2 rings (SSSR count). The van der Waals surface area contributed by atoms with Crippen molar-refractivity contribution in [1.29, 1.82) is 5.26 Å². The lowest BCUT2D eigenvalue weighted by Gasteiger charge is -1.93. The topological polar surface area (TPSA) is 71.8 Å². The summed E-state index contributed by atoms with van der Waals surface area (Å²) in [7, 11) is 0. The Morgan fingerprint density at radius 3 is 2.76 bits per heavy atom. The minimum absolute atomic E-state index is 0.118. The van der Waals surface area contributed by atoms with Crippen molar-refractivity contribution >= 4 is 0 Å². The first kappa shape index (κ1) is 11.1. The Morgan fingerprint density at radius 2 is 2.12 bits per heavy atom. The Balaban J connectivity index is 2.31. The first-order chi connectivity index (χ1) is 8.20. The summed E-state index contributed by atoms with van der Waals surface area (Å²) >= 11 is 0. The van der Waals surface area contributed by atoms with Crippen LogP contribution in [0.1, 0.15) is 6.42 Å². The molecule has 5 nitrogen and oxygen atoms in total. The number of hydrogen-bond acceptors (Lipinski definition) is 4. The van der Waals surface area contributed by atoms with Crippen LogP contribution in [0.3, 0.4) is 0 Å². The Labute approximate surface area is 95.7 Å². The Hall–Kier alpha value is -2.42. The third-order valence-corrected chi connectivity index (χ3v) is 2.13. The van der Waals surface area contributed by atoms with E-state index in [2.05, 4.69) is 5.10 Å². The largest absolute Gasteiger partial charge is 0.437 e. The Morgan fingerprint density at radius 1 is 1.41 bits per heavy atom. The molecule has 0 unspecified atom stereocenters. The summed E-state index contributed by atoms with van der Waals surface area (Å²) in [5, 5.41) is 12.3. The number of hydrogen-bond donors (Lipinski definition) is 0. The van der Waals surface area contributed by atoms with E-state index in [0.29, 0.717) is 5.56 Å². The van der Waals surface area contributed by atoms with Crippen molar-refractivity contribution in [3.63, 3.8) is 0 Å². The smallest absolute Gasteiger partial charge is 0.388 e. The maximum Gasteiger partial charge on any atom is 0.437 e. The number of aromatic nitrogens is 2. The molecule has 1 aromatic heterocycles. The molecule has 0 atom stereocenters. The average molecular weight is 233 g/mol. The SMILES string of the molecule is N#CCCn1nc(-c2ccc(F)cc2)oc1=O. The van der Waals surface area contributed by atoms with Crippen LogP contribution in [-0.2, 0) is 6.54 Å². The molecule has 0 aliphatic rings. The molecule has 17 heavy (non-hydrogen) atoms. The zero-order valence-electron chi connectivity index (χ0n) is 8.76. The van der Waals surface area contributed by atoms with Crippen molar-refractivity contribution < 1.29 is 8.81 Å². The lowest BCUT2D eigenvalue weighted by Crippen LogP contribution is -2.15. The van der Waals surface area contributed by atoms with E-state index in [-0.39, 0.29) is 24.7 Å². The van der Waals surface area contributed by atoms with Gasteiger partial charge in [0.15, 0.2) is 0 Å². The number of halogens is 1. The van der Waals surface area contributed by atoms with Crippen molar-refractivity contribution in [3.8, 4) is 17.5 Å². The summed E-state index contributed by atoms with van der Waals surface area (Å²) in [6, 6.07) is 7.35. The van der Waals surface area contributed by atoms with Gasteiger partial charge in [0.2, 0.25) is 5.89 Å². The number of nitriles is 1. The quantitative estimate of drug-likeness (QED) is 0.806. The highest BCUT2D eigenvalue weighted by molar-refractivity contribution is 5.51. The second-order valence-corrected chi connectivity index (χ2v) is 3.31. The number of rotatable bonds is 3. The van der Waals surface area contributed by atoms with E-state index in [1.54, 1.807) is 0 Å². The van der Waals surface area contributed by atoms with Gasteiger partial charge in [-0.15, -0.1) is 5.10 Å². The highest BCUT2D eigenvalue weighted by Gasteiger charge is 2.09. The van der Waals surface area contributed by atoms with Crippen molar-refractivity contribution in [3.05, 3.63) is 40.6 Å². The Kier molecular flexibility index (Phi) is 3.01. The first-order valence-corrected chi connectivity index (χ1v) is 4.91. The molecule has 0 radical (unpaired) electrons. The van der Waals surface area contributed by atoms with Crippen LogP contribution in [0.15, 0.2) is 33.5 Å². The predicted octanol–water partition coefficient (Wildman–Crippen LogP) is 1.56. The molecule has 0 aliphatic heterocycles. The molecule has 0 N–H and O–H groups in total. The second-order valence-electron chi connectivity index (χ2n) is 3.31. The fourth-order valence-corrected chi connectivity index (χ4v) is 1.31. The third-order valence-electron chi connectivity index (χ3n) is 2.13. The fourth-order valence-electron chi connectivity index (χ4n) is 1.31. The van der Waals surface area contributed by atoms with Crippen molar-refractivity contribution in [2.75, 3.05) is 0 Å². The van der Waals surface area contributed by atoms with Crippen LogP contribution in [0, 0.1) is 17.1 Å². The maximum absolute atomic E-state index is 12.7. The lowest BCUT2D eigenvalue weighted by atomic mass is 10.2. The molecule has 0 saturated heterocycles. The van der Waals surface area contributed by atoms with E-state index in [1.165, 1.54) is 24.3 Å². The van der Waals surface area contributed by atoms with Crippen molar-refractivity contribution in [2.24, 2.45) is 0 Å². The number of aryl methyl sites for hydroxylation is 1. The monoisotopic (exact) mass is 233 g/mol. The summed E-state index contributed by atoms with van der Waals surface area (Å²) in [5.41, 5.74) is 0.513. The van der Waals surface area contributed by atoms with Crippen LogP contribution < -0.4 is 5.76 Å². The predicted molar refractivity (Wildman–Crippen MR) is 56.4 cm³/mol. The number of nitrogens with zero attached hydrogens (tertiary/aromatic N) is 3. The van der Waals surface area contributed by atoms with Crippen LogP contribution >= 0.6 is 0 Å². The molecule has 0 fully saturated rings. The highest BCUT2D eigenvalue weighted by atomic mass is 19.1. The van der Waals surface area contributed by atoms with Gasteiger partial charge in [0.25, 0.3) is 0 Å². The van der Waals surface area contributed by atoms with Crippen LogP contribution in [0.4, 0.5) is 4.39 Å². The van der Waals surface area contributed by atoms with Gasteiger partial charge in [0, 0.05) is 5.56 Å². The second kappa shape index (κ2) is 4.61. The minimum atomic E-state index is -0.625. The summed E-state index contributed by atoms with van der Waals surface area (Å²) < 4.78 is 18.7. The molecule has 0 spiro atoms. The lowest BCUT2D eigenvalue weighted by molar-refractivity contribution is 0.484. The summed E-state index contributed by atoms with van der Waals surface area (Å²) in [5.74, 6) is -0.882. The van der Waals surface area contributed by atoms with E-state index < -0.39 is 5.76 Å². The van der Waals surface area contributed by atoms with Gasteiger partial charge in [-0.25, -0.2) is 9.18 Å². The molecule has 1 aromatic carbocycles. The molecule has 86 valence electrons. The third kappa shape index (κ3) is 2.39. The van der Waals surface area contributed by atoms with Gasteiger partial charge < -0.3 is 4.42 Å². The van der Waals surface area contributed by atoms with E-state index in [4.69, 9.17) is 9.68 Å². The van der Waals surface area contributed by atoms with Crippen molar-refractivity contribution in [1.82, 2.24) is 9.78 Å². The number of benzene rings is 1. The molecular weight excluding hydrogens is 225 g/mol. The minimum Gasteiger partial charge on any atom is -0.388 e.